The predicted octanol–water partition coefficient (Wildman–Crippen LogP) is 1.30. The number of aliphatic hydroxyl groups is 1. The van der Waals surface area contributed by atoms with Gasteiger partial charge in [0.05, 0.1) is 32.4 Å². The Bertz CT molecular complexity index is 461. The number of likely N-dealkylation sites (tertiary alicyclic amines) is 1. The molecular weight excluding hydrogens is 246 g/mol. The summed E-state index contributed by atoms with van der Waals surface area (Å²) in [5.41, 5.74) is 0.474. The molecule has 1 heterocycles. The molecule has 19 heavy (non-hydrogen) atoms. The van der Waals surface area contributed by atoms with E-state index >= 15 is 0 Å². The van der Waals surface area contributed by atoms with Crippen molar-refractivity contribution in [2.45, 2.75) is 18.9 Å². The average Bonchev–Trinajstić information content (AvgIpc) is 2.94. The monoisotopic (exact) mass is 265 g/mol. The fraction of sp³-hybridized carbons (Fsp3) is 0.500. The Morgan fingerprint density at radius 3 is 2.84 bits per heavy atom. The van der Waals surface area contributed by atoms with E-state index in [2.05, 4.69) is 0 Å². The normalized spacial score (nSPS) is 18.5. The number of nitrogens with zero attached hydrogens (tertiary/aromatic N) is 1. The molecule has 0 bridgehead atoms. The lowest BCUT2D eigenvalue weighted by Crippen LogP contribution is -2.37. The molecule has 1 N–H and O–H groups in total. The molecule has 0 aliphatic carbocycles. The Morgan fingerprint density at radius 1 is 1.42 bits per heavy atom. The van der Waals surface area contributed by atoms with Crippen molar-refractivity contribution in [1.82, 2.24) is 4.90 Å². The summed E-state index contributed by atoms with van der Waals surface area (Å²) in [6, 6.07) is 5.05. The summed E-state index contributed by atoms with van der Waals surface area (Å²) in [5, 5.41) is 9.31. The van der Waals surface area contributed by atoms with Crippen LogP contribution in [0.5, 0.6) is 11.5 Å². The molecule has 1 aromatic carbocycles. The zero-order chi connectivity index (χ0) is 13.8. The Morgan fingerprint density at radius 2 is 2.21 bits per heavy atom. The summed E-state index contributed by atoms with van der Waals surface area (Å²) in [6.07, 6.45) is 1.76. The van der Waals surface area contributed by atoms with Crippen molar-refractivity contribution in [3.63, 3.8) is 0 Å². The van der Waals surface area contributed by atoms with E-state index < -0.39 is 0 Å². The smallest absolute Gasteiger partial charge is 0.258 e. The van der Waals surface area contributed by atoms with Gasteiger partial charge in [-0.05, 0) is 31.0 Å². The first-order valence-corrected chi connectivity index (χ1v) is 6.35. The van der Waals surface area contributed by atoms with Gasteiger partial charge in [0.2, 0.25) is 0 Å². The van der Waals surface area contributed by atoms with Gasteiger partial charge in [-0.2, -0.15) is 0 Å². The summed E-state index contributed by atoms with van der Waals surface area (Å²) in [4.78, 5) is 14.2. The second-order valence-corrected chi connectivity index (χ2v) is 4.54. The van der Waals surface area contributed by atoms with Crippen LogP contribution in [0.2, 0.25) is 0 Å². The summed E-state index contributed by atoms with van der Waals surface area (Å²) in [5.74, 6) is 1.02. The molecule has 0 spiro atoms. The first-order chi connectivity index (χ1) is 9.21. The number of carbonyl (C=O) groups excluding carboxylic acids is 1. The van der Waals surface area contributed by atoms with Crippen LogP contribution in [0.3, 0.4) is 0 Å². The molecule has 104 valence electrons. The van der Waals surface area contributed by atoms with E-state index in [1.165, 1.54) is 7.11 Å². The van der Waals surface area contributed by atoms with Crippen molar-refractivity contribution in [3.8, 4) is 11.5 Å². The van der Waals surface area contributed by atoms with Gasteiger partial charge in [0.15, 0.2) is 0 Å². The molecule has 5 nitrogen and oxygen atoms in total. The fourth-order valence-corrected chi connectivity index (χ4v) is 2.43. The molecule has 1 aromatic rings. The summed E-state index contributed by atoms with van der Waals surface area (Å²) in [6.45, 7) is 0.669. The van der Waals surface area contributed by atoms with Crippen molar-refractivity contribution in [3.05, 3.63) is 23.8 Å². The third kappa shape index (κ3) is 2.66. The van der Waals surface area contributed by atoms with Gasteiger partial charge in [0.1, 0.15) is 11.5 Å². The van der Waals surface area contributed by atoms with Gasteiger partial charge in [-0.25, -0.2) is 0 Å². The highest BCUT2D eigenvalue weighted by atomic mass is 16.5. The highest BCUT2D eigenvalue weighted by Crippen LogP contribution is 2.28. The molecule has 2 rings (SSSR count). The predicted molar refractivity (Wildman–Crippen MR) is 70.7 cm³/mol. The SMILES string of the molecule is COc1ccc(OC)c(C(=O)N2CCC[C@@H]2CO)c1. The third-order valence-electron chi connectivity index (χ3n) is 3.49. The zero-order valence-electron chi connectivity index (χ0n) is 11.3. The topological polar surface area (TPSA) is 59.0 Å². The Kier molecular flexibility index (Phi) is 4.27. The van der Waals surface area contributed by atoms with Crippen LogP contribution in [0.15, 0.2) is 18.2 Å². The number of ether oxygens (including phenoxy) is 2. The van der Waals surface area contributed by atoms with Crippen molar-refractivity contribution in [2.24, 2.45) is 0 Å². The van der Waals surface area contributed by atoms with Gasteiger partial charge >= 0.3 is 0 Å². The molecule has 1 amide bonds. The lowest BCUT2D eigenvalue weighted by molar-refractivity contribution is 0.0674. The van der Waals surface area contributed by atoms with E-state index in [-0.39, 0.29) is 18.6 Å². The van der Waals surface area contributed by atoms with Crippen LogP contribution >= 0.6 is 0 Å². The van der Waals surface area contributed by atoms with Crippen LogP contribution in [0.25, 0.3) is 0 Å². The standard InChI is InChI=1S/C14H19NO4/c1-18-11-5-6-13(19-2)12(8-11)14(17)15-7-3-4-10(15)9-16/h5-6,8,10,16H,3-4,7,9H2,1-2H3/t10-/m1/s1. The minimum atomic E-state index is -0.118. The zero-order valence-corrected chi connectivity index (χ0v) is 11.3. The second-order valence-electron chi connectivity index (χ2n) is 4.54. The second kappa shape index (κ2) is 5.93. The number of hydrogen-bond acceptors (Lipinski definition) is 4. The number of aliphatic hydroxyl groups excluding tert-OH is 1. The summed E-state index contributed by atoms with van der Waals surface area (Å²) < 4.78 is 10.4. The van der Waals surface area contributed by atoms with Crippen molar-refractivity contribution in [2.75, 3.05) is 27.4 Å². The van der Waals surface area contributed by atoms with E-state index in [0.717, 1.165) is 12.8 Å². The molecule has 0 radical (unpaired) electrons. The highest BCUT2D eigenvalue weighted by molar-refractivity contribution is 5.97. The molecule has 0 saturated carbocycles. The van der Waals surface area contributed by atoms with Crippen molar-refractivity contribution in [1.29, 1.82) is 0 Å². The summed E-state index contributed by atoms with van der Waals surface area (Å²) in [7, 11) is 3.09. The van der Waals surface area contributed by atoms with Gasteiger partial charge in [-0.1, -0.05) is 0 Å². The van der Waals surface area contributed by atoms with Crippen LogP contribution in [0, 0.1) is 0 Å². The largest absolute Gasteiger partial charge is 0.497 e. The first-order valence-electron chi connectivity index (χ1n) is 6.35. The Hall–Kier alpha value is -1.75. The molecule has 1 atom stereocenters. The van der Waals surface area contributed by atoms with Gasteiger partial charge in [-0.3, -0.25) is 4.79 Å². The quantitative estimate of drug-likeness (QED) is 0.891. The minimum absolute atomic E-state index is 0.00196. The molecular formula is C14H19NO4. The number of hydrogen-bond donors (Lipinski definition) is 1. The van der Waals surface area contributed by atoms with E-state index in [4.69, 9.17) is 9.47 Å². The number of methoxy groups -OCH3 is 2. The van der Waals surface area contributed by atoms with Crippen LogP contribution in [0.4, 0.5) is 0 Å². The average molecular weight is 265 g/mol. The van der Waals surface area contributed by atoms with Crippen LogP contribution < -0.4 is 9.47 Å². The molecule has 0 aromatic heterocycles. The lowest BCUT2D eigenvalue weighted by Gasteiger charge is -2.24. The fourth-order valence-electron chi connectivity index (χ4n) is 2.43. The van der Waals surface area contributed by atoms with E-state index in [0.29, 0.717) is 23.6 Å². The summed E-state index contributed by atoms with van der Waals surface area (Å²) >= 11 is 0. The van der Waals surface area contributed by atoms with Crippen molar-refractivity contribution >= 4 is 5.91 Å². The molecule has 5 heteroatoms. The molecule has 1 aliphatic heterocycles. The third-order valence-corrected chi connectivity index (χ3v) is 3.49. The highest BCUT2D eigenvalue weighted by Gasteiger charge is 2.30. The first kappa shape index (κ1) is 13.7. The van der Waals surface area contributed by atoms with Crippen molar-refractivity contribution < 1.29 is 19.4 Å². The maximum atomic E-state index is 12.5. The molecule has 1 aliphatic rings. The van der Waals surface area contributed by atoms with Gasteiger partial charge < -0.3 is 19.5 Å². The molecule has 0 unspecified atom stereocenters. The Labute approximate surface area is 112 Å². The lowest BCUT2D eigenvalue weighted by atomic mass is 10.1. The van der Waals surface area contributed by atoms with Crippen LogP contribution in [-0.4, -0.2) is 49.3 Å². The maximum absolute atomic E-state index is 12.5. The van der Waals surface area contributed by atoms with Gasteiger partial charge in [-0.15, -0.1) is 0 Å². The molecule has 1 fully saturated rings. The van der Waals surface area contributed by atoms with E-state index in [1.54, 1.807) is 30.2 Å². The number of carbonyl (C=O) groups is 1. The number of rotatable bonds is 4. The van der Waals surface area contributed by atoms with E-state index in [9.17, 15) is 9.90 Å². The number of benzene rings is 1. The minimum Gasteiger partial charge on any atom is -0.497 e. The number of amides is 1. The van der Waals surface area contributed by atoms with E-state index in [1.807, 2.05) is 0 Å². The van der Waals surface area contributed by atoms with Crippen LogP contribution in [0.1, 0.15) is 23.2 Å². The van der Waals surface area contributed by atoms with Gasteiger partial charge in [0.25, 0.3) is 5.91 Å². The maximum Gasteiger partial charge on any atom is 0.258 e. The van der Waals surface area contributed by atoms with Gasteiger partial charge in [0, 0.05) is 6.54 Å². The van der Waals surface area contributed by atoms with Crippen LogP contribution in [-0.2, 0) is 0 Å². The molecule has 1 saturated heterocycles. The Balaban J connectivity index is 2.31.